The Hall–Kier alpha value is -12.3. The van der Waals surface area contributed by atoms with Crippen LogP contribution in [0.15, 0.2) is 0 Å². The van der Waals surface area contributed by atoms with Crippen LogP contribution in [0.1, 0.15) is 6.92 Å². The van der Waals surface area contributed by atoms with Crippen molar-refractivity contribution in [2.45, 2.75) is 6.92 Å². The first-order valence-electron chi connectivity index (χ1n) is 14.3. The molecule has 0 spiro atoms. The van der Waals surface area contributed by atoms with Crippen molar-refractivity contribution in [2.75, 3.05) is 0 Å². The highest BCUT2D eigenvalue weighted by atomic mass is 13.6. The molecule has 0 radical (unpaired) electrons. The molecule has 0 heterocycles. The Balaban J connectivity index is 4.58. The fourth-order valence-electron chi connectivity index (χ4n) is 1.69. The van der Waals surface area contributed by atoms with Gasteiger partial charge in [-0.2, -0.15) is 0 Å². The third-order valence-electron chi connectivity index (χ3n) is 3.45. The van der Waals surface area contributed by atoms with E-state index >= 15 is 0 Å². The van der Waals surface area contributed by atoms with Gasteiger partial charge in [-0.15, -0.1) is 6.42 Å². The summed E-state index contributed by atoms with van der Waals surface area (Å²) in [6.07, 6.45) is 4.94. The van der Waals surface area contributed by atoms with Gasteiger partial charge >= 0.3 is 0 Å². The molecule has 0 aromatic carbocycles. The van der Waals surface area contributed by atoms with Crippen molar-refractivity contribution >= 4 is 0 Å². The zero-order valence-electron chi connectivity index (χ0n) is 29.1. The third-order valence-corrected chi connectivity index (χ3v) is 3.45. The summed E-state index contributed by atoms with van der Waals surface area (Å²) in [4.78, 5) is 0. The summed E-state index contributed by atoms with van der Waals surface area (Å²) >= 11 is 0. The van der Waals surface area contributed by atoms with Gasteiger partial charge in [-0.25, -0.2) is 0 Å². The summed E-state index contributed by atoms with van der Waals surface area (Å²) in [7, 11) is 0. The van der Waals surface area contributed by atoms with E-state index in [4.69, 9.17) is 6.42 Å². The SMILES string of the molecule is C#CC#CC#CC#CC#CC#CC#CC#CC#CC#CC#CC#CC#CC#CC#CC#CC#CC#CC#CC#CC#CC#CC#CC#CC#CC#CC#CC#CC. The first-order chi connectivity index (χ1) is 28.4. The summed E-state index contributed by atoms with van der Waals surface area (Å²) in [5.74, 6) is 137. The van der Waals surface area contributed by atoms with Crippen LogP contribution in [-0.2, 0) is 0 Å². The van der Waals surface area contributed by atoms with Crippen LogP contribution in [0.2, 0.25) is 0 Å². The van der Waals surface area contributed by atoms with Gasteiger partial charge in [0.05, 0.1) is 0 Å². The number of terminal acetylenes is 1. The molecule has 0 aromatic heterocycles. The fourth-order valence-corrected chi connectivity index (χ4v) is 1.69. The van der Waals surface area contributed by atoms with Gasteiger partial charge in [0.2, 0.25) is 0 Å². The summed E-state index contributed by atoms with van der Waals surface area (Å²) in [6.45, 7) is 1.69. The van der Waals surface area contributed by atoms with E-state index in [1.165, 1.54) is 0 Å². The lowest BCUT2D eigenvalue weighted by molar-refractivity contribution is 1.92. The molecule has 57 heavy (non-hydrogen) atoms. The van der Waals surface area contributed by atoms with E-state index in [0.29, 0.717) is 0 Å². The van der Waals surface area contributed by atoms with Gasteiger partial charge in [0.25, 0.3) is 0 Å². The third kappa shape index (κ3) is 43.7. The standard InChI is InChI=1S/C57H4/c1-3-5-7-9-11-13-15-17-19-21-23-25-27-29-31-33-35-37-39-41-43-45-47-49-51-53-55-57-56-54-52-50-48-46-44-42-40-38-36-34-32-30-28-26-24-22-20-18-16-14-12-10-8-6-4-2/h1H,2H3. The van der Waals surface area contributed by atoms with Gasteiger partial charge < -0.3 is 0 Å². The lowest BCUT2D eigenvalue weighted by Gasteiger charge is -1.57. The Morgan fingerprint density at radius 2 is 0.228 bits per heavy atom. The Labute approximate surface area is 337 Å². The zero-order valence-corrected chi connectivity index (χ0v) is 29.1. The fraction of sp³-hybridized carbons (Fsp3) is 0.0175. The van der Waals surface area contributed by atoms with Crippen LogP contribution >= 0.6 is 0 Å². The molecule has 232 valence electrons. The molecule has 0 nitrogen and oxygen atoms in total. The van der Waals surface area contributed by atoms with E-state index in [9.17, 15) is 0 Å². The van der Waals surface area contributed by atoms with E-state index in [1.807, 2.05) is 0 Å². The Morgan fingerprint density at radius 1 is 0.140 bits per heavy atom. The molecule has 0 fully saturated rings. The lowest BCUT2D eigenvalue weighted by atomic mass is 10.4. The van der Waals surface area contributed by atoms with Crippen molar-refractivity contribution in [3.63, 3.8) is 0 Å². The summed E-state index contributed by atoms with van der Waals surface area (Å²) in [6, 6.07) is 0. The second-order valence-electron chi connectivity index (χ2n) is 7.02. The van der Waals surface area contributed by atoms with E-state index in [0.717, 1.165) is 0 Å². The molecular weight excluding hydrogens is 685 g/mol. The van der Waals surface area contributed by atoms with Crippen molar-refractivity contribution in [1.82, 2.24) is 0 Å². The molecule has 0 aromatic rings. The van der Waals surface area contributed by atoms with Crippen LogP contribution in [0.5, 0.6) is 0 Å². The topological polar surface area (TPSA) is 0 Å². The molecule has 0 saturated heterocycles. The minimum Gasteiger partial charge on any atom is -0.106 e. The van der Waals surface area contributed by atoms with E-state index in [1.54, 1.807) is 6.92 Å². The molecule has 0 atom stereocenters. The van der Waals surface area contributed by atoms with Crippen LogP contribution in [0.25, 0.3) is 0 Å². The maximum Gasteiger partial charge on any atom is 0 e. The normalized spacial score (nSPS) is 3.93. The van der Waals surface area contributed by atoms with Gasteiger partial charge in [-0.1, -0.05) is 5.92 Å². The predicted octanol–water partition coefficient (Wildman–Crippen LogP) is 0.731. The molecule has 0 unspecified atom stereocenters. The molecule has 0 aliphatic carbocycles. The smallest absolute Gasteiger partial charge is 0 e. The van der Waals surface area contributed by atoms with Crippen molar-refractivity contribution in [2.24, 2.45) is 0 Å². The number of rotatable bonds is 0. The van der Waals surface area contributed by atoms with Crippen molar-refractivity contribution in [3.8, 4) is 332 Å². The van der Waals surface area contributed by atoms with Crippen LogP contribution in [-0.4, -0.2) is 0 Å². The summed E-state index contributed by atoms with van der Waals surface area (Å²) < 4.78 is 0. The predicted molar refractivity (Wildman–Crippen MR) is 224 cm³/mol. The molecular formula is C57H4. The molecule has 0 bridgehead atoms. The van der Waals surface area contributed by atoms with Crippen LogP contribution in [0.3, 0.4) is 0 Å². The first kappa shape index (κ1) is 44.7. The molecule has 0 rings (SSSR count). The molecule has 0 aliphatic heterocycles. The van der Waals surface area contributed by atoms with Gasteiger partial charge in [-0.3, -0.25) is 0 Å². The molecule has 0 heteroatoms. The Kier molecular flexibility index (Phi) is 34.2. The summed E-state index contributed by atoms with van der Waals surface area (Å²) in [5.41, 5.74) is 0. The largest absolute Gasteiger partial charge is 0.106 e. The monoisotopic (exact) mass is 688 g/mol. The minimum atomic E-state index is 1.69. The quantitative estimate of drug-likeness (QED) is 0.330. The zero-order chi connectivity index (χ0) is 40.9. The maximum atomic E-state index is 4.94. The molecule has 0 N–H and O–H groups in total. The average Bonchev–Trinajstić information content (AvgIpc) is 3.22. The van der Waals surface area contributed by atoms with Gasteiger partial charge in [-0.05, 0) is 102 Å². The summed E-state index contributed by atoms with van der Waals surface area (Å²) in [5, 5.41) is 0. The molecule has 0 amide bonds. The lowest BCUT2D eigenvalue weighted by Crippen LogP contribution is -1.57. The van der Waals surface area contributed by atoms with Crippen LogP contribution in [0.4, 0.5) is 0 Å². The highest BCUT2D eigenvalue weighted by Crippen LogP contribution is 1.63. The van der Waals surface area contributed by atoms with Gasteiger partial charge in [0.15, 0.2) is 0 Å². The second-order valence-corrected chi connectivity index (χ2v) is 7.02. The van der Waals surface area contributed by atoms with E-state index in [2.05, 4.69) is 326 Å². The Morgan fingerprint density at radius 3 is 0.316 bits per heavy atom. The van der Waals surface area contributed by atoms with Gasteiger partial charge in [0, 0.05) is 225 Å². The second kappa shape index (κ2) is 43.7. The molecule has 0 aliphatic rings. The van der Waals surface area contributed by atoms with Crippen LogP contribution in [0, 0.1) is 332 Å². The minimum absolute atomic E-state index is 1.69. The molecule has 0 saturated carbocycles. The average molecular weight is 689 g/mol. The number of hydrogen-bond acceptors (Lipinski definition) is 0. The first-order valence-corrected chi connectivity index (χ1v) is 14.3. The van der Waals surface area contributed by atoms with E-state index < -0.39 is 0 Å². The van der Waals surface area contributed by atoms with Crippen LogP contribution < -0.4 is 0 Å². The van der Waals surface area contributed by atoms with Crippen molar-refractivity contribution in [3.05, 3.63) is 0 Å². The maximum absolute atomic E-state index is 4.94. The highest BCUT2D eigenvalue weighted by molar-refractivity contribution is 5.51. The van der Waals surface area contributed by atoms with Crippen molar-refractivity contribution < 1.29 is 0 Å². The van der Waals surface area contributed by atoms with Gasteiger partial charge in [0.1, 0.15) is 0 Å². The van der Waals surface area contributed by atoms with Crippen molar-refractivity contribution in [1.29, 1.82) is 0 Å². The Bertz CT molecular complexity index is 3570. The highest BCUT2D eigenvalue weighted by Gasteiger charge is 1.62. The number of hydrogen-bond donors (Lipinski definition) is 0. The van der Waals surface area contributed by atoms with E-state index in [-0.39, 0.29) is 0 Å².